The molecule has 0 fully saturated rings. The normalized spacial score (nSPS) is 10.6. The summed E-state index contributed by atoms with van der Waals surface area (Å²) in [6, 6.07) is 15.9. The van der Waals surface area contributed by atoms with E-state index in [1.54, 1.807) is 30.3 Å². The van der Waals surface area contributed by atoms with Gasteiger partial charge in [-0.05, 0) is 43.7 Å². The Labute approximate surface area is 156 Å². The molecule has 0 aliphatic carbocycles. The van der Waals surface area contributed by atoms with Crippen LogP contribution in [-0.4, -0.2) is 15.7 Å². The number of hydrogen-bond donors (Lipinski definition) is 1. The summed E-state index contributed by atoms with van der Waals surface area (Å²) in [4.78, 5) is 24.3. The number of aromatic nitrogens is 2. The lowest BCUT2D eigenvalue weighted by molar-refractivity contribution is -0.117. The molecule has 26 heavy (non-hydrogen) atoms. The van der Waals surface area contributed by atoms with Crippen molar-refractivity contribution in [3.63, 3.8) is 0 Å². The van der Waals surface area contributed by atoms with Crippen LogP contribution in [0.2, 0.25) is 5.02 Å². The number of carbonyl (C=O) groups is 1. The van der Waals surface area contributed by atoms with Crippen LogP contribution in [-0.2, 0) is 11.3 Å². The van der Waals surface area contributed by atoms with Gasteiger partial charge in [-0.2, -0.15) is 5.10 Å². The second kappa shape index (κ2) is 7.54. The van der Waals surface area contributed by atoms with Crippen molar-refractivity contribution in [2.24, 2.45) is 0 Å². The topological polar surface area (TPSA) is 64.0 Å². The molecule has 5 nitrogen and oxygen atoms in total. The summed E-state index contributed by atoms with van der Waals surface area (Å²) in [5.74, 6) is -0.348. The summed E-state index contributed by atoms with van der Waals surface area (Å²) < 4.78 is 1.16. The fraction of sp³-hybridized carbons (Fsp3) is 0.150. The van der Waals surface area contributed by atoms with E-state index in [0.717, 1.165) is 21.4 Å². The monoisotopic (exact) mass is 367 g/mol. The van der Waals surface area contributed by atoms with Gasteiger partial charge in [0.15, 0.2) is 0 Å². The van der Waals surface area contributed by atoms with Crippen molar-refractivity contribution in [2.75, 3.05) is 5.32 Å². The van der Waals surface area contributed by atoms with Gasteiger partial charge in [-0.1, -0.05) is 41.4 Å². The van der Waals surface area contributed by atoms with E-state index in [9.17, 15) is 9.59 Å². The number of amides is 1. The molecule has 0 unspecified atom stereocenters. The Balaban J connectivity index is 1.84. The fourth-order valence-electron chi connectivity index (χ4n) is 2.71. The molecule has 132 valence electrons. The summed E-state index contributed by atoms with van der Waals surface area (Å²) in [5.41, 5.74) is 4.03. The van der Waals surface area contributed by atoms with Crippen molar-refractivity contribution in [3.05, 3.63) is 81.1 Å². The van der Waals surface area contributed by atoms with Crippen molar-refractivity contribution in [1.29, 1.82) is 0 Å². The van der Waals surface area contributed by atoms with Crippen LogP contribution >= 0.6 is 11.6 Å². The van der Waals surface area contributed by atoms with Gasteiger partial charge in [0.1, 0.15) is 6.54 Å². The van der Waals surface area contributed by atoms with E-state index >= 15 is 0 Å². The van der Waals surface area contributed by atoms with E-state index in [2.05, 4.69) is 16.5 Å². The first-order valence-electron chi connectivity index (χ1n) is 8.13. The number of nitrogens with one attached hydrogen (secondary N) is 1. The van der Waals surface area contributed by atoms with Gasteiger partial charge in [-0.15, -0.1) is 0 Å². The molecule has 0 aliphatic heterocycles. The summed E-state index contributed by atoms with van der Waals surface area (Å²) >= 11 is 5.91. The van der Waals surface area contributed by atoms with Crippen molar-refractivity contribution in [3.8, 4) is 11.3 Å². The van der Waals surface area contributed by atoms with E-state index in [1.165, 1.54) is 6.07 Å². The van der Waals surface area contributed by atoms with Gasteiger partial charge in [0, 0.05) is 22.3 Å². The summed E-state index contributed by atoms with van der Waals surface area (Å²) in [6.45, 7) is 3.83. The van der Waals surface area contributed by atoms with E-state index in [4.69, 9.17) is 11.6 Å². The molecule has 3 rings (SSSR count). The quantitative estimate of drug-likeness (QED) is 0.762. The van der Waals surface area contributed by atoms with E-state index in [-0.39, 0.29) is 18.0 Å². The molecule has 6 heteroatoms. The maximum Gasteiger partial charge on any atom is 0.267 e. The predicted molar refractivity (Wildman–Crippen MR) is 103 cm³/mol. The minimum atomic E-state index is -0.348. The number of nitrogens with zero attached hydrogens (tertiary/aromatic N) is 2. The predicted octanol–water partition coefficient (Wildman–Crippen LogP) is 3.82. The van der Waals surface area contributed by atoms with E-state index < -0.39 is 0 Å². The highest BCUT2D eigenvalue weighted by Crippen LogP contribution is 2.21. The van der Waals surface area contributed by atoms with E-state index in [1.807, 2.05) is 26.0 Å². The van der Waals surface area contributed by atoms with Crippen molar-refractivity contribution in [1.82, 2.24) is 9.78 Å². The zero-order chi connectivity index (χ0) is 18.7. The second-order valence-electron chi connectivity index (χ2n) is 6.09. The highest BCUT2D eigenvalue weighted by molar-refractivity contribution is 6.30. The molecule has 1 amide bonds. The Morgan fingerprint density at radius 1 is 1.12 bits per heavy atom. The van der Waals surface area contributed by atoms with Crippen LogP contribution in [0.15, 0.2) is 59.4 Å². The molecule has 0 aliphatic rings. The number of carbonyl (C=O) groups excluding carboxylic acids is 1. The molecule has 3 aromatic rings. The van der Waals surface area contributed by atoms with Crippen molar-refractivity contribution < 1.29 is 4.79 Å². The number of hydrogen-bond acceptors (Lipinski definition) is 3. The first-order valence-corrected chi connectivity index (χ1v) is 8.51. The van der Waals surface area contributed by atoms with Gasteiger partial charge >= 0.3 is 0 Å². The molecule has 0 saturated heterocycles. The standard InChI is InChI=1S/C20H18ClN3O2/c1-13-6-7-17(14(2)10-13)18-8-9-20(26)24(23-18)12-19(25)22-16-5-3-4-15(21)11-16/h3-11H,12H2,1-2H3,(H,22,25). The molecule has 1 N–H and O–H groups in total. The van der Waals surface area contributed by atoms with Gasteiger partial charge in [-0.25, -0.2) is 4.68 Å². The molecule has 1 aromatic heterocycles. The Kier molecular flexibility index (Phi) is 5.19. The third-order valence-electron chi connectivity index (χ3n) is 3.93. The first-order chi connectivity index (χ1) is 12.4. The third kappa shape index (κ3) is 4.18. The largest absolute Gasteiger partial charge is 0.324 e. The molecule has 0 radical (unpaired) electrons. The van der Waals surface area contributed by atoms with Crippen LogP contribution in [0.25, 0.3) is 11.3 Å². The molecular formula is C20H18ClN3O2. The molecule has 1 heterocycles. The number of aryl methyl sites for hydroxylation is 2. The minimum absolute atomic E-state index is 0.176. The van der Waals surface area contributed by atoms with Crippen LogP contribution in [0.1, 0.15) is 11.1 Å². The van der Waals surface area contributed by atoms with Crippen LogP contribution in [0, 0.1) is 13.8 Å². The molecule has 2 aromatic carbocycles. The number of rotatable bonds is 4. The summed E-state index contributed by atoms with van der Waals surface area (Å²) in [5, 5.41) is 7.59. The minimum Gasteiger partial charge on any atom is -0.324 e. The molecule has 0 atom stereocenters. The summed E-state index contributed by atoms with van der Waals surface area (Å²) in [7, 11) is 0. The maximum absolute atomic E-state index is 12.3. The molecular weight excluding hydrogens is 350 g/mol. The fourth-order valence-corrected chi connectivity index (χ4v) is 2.90. The maximum atomic E-state index is 12.3. The first kappa shape index (κ1) is 17.9. The van der Waals surface area contributed by atoms with Gasteiger partial charge in [0.25, 0.3) is 5.56 Å². The molecule has 0 bridgehead atoms. The molecule has 0 spiro atoms. The Bertz CT molecular complexity index is 1030. The van der Waals surface area contributed by atoms with Crippen LogP contribution < -0.4 is 10.9 Å². The number of benzene rings is 2. The van der Waals surface area contributed by atoms with Gasteiger partial charge in [0.2, 0.25) is 5.91 Å². The van der Waals surface area contributed by atoms with Crippen LogP contribution in [0.5, 0.6) is 0 Å². The van der Waals surface area contributed by atoms with E-state index in [0.29, 0.717) is 16.4 Å². The van der Waals surface area contributed by atoms with Gasteiger partial charge in [-0.3, -0.25) is 9.59 Å². The smallest absolute Gasteiger partial charge is 0.267 e. The average molecular weight is 368 g/mol. The Morgan fingerprint density at radius 2 is 1.92 bits per heavy atom. The lowest BCUT2D eigenvalue weighted by Crippen LogP contribution is -2.29. The van der Waals surface area contributed by atoms with Gasteiger partial charge in [0.05, 0.1) is 5.69 Å². The van der Waals surface area contributed by atoms with Crippen LogP contribution in [0.3, 0.4) is 0 Å². The lowest BCUT2D eigenvalue weighted by Gasteiger charge is -2.10. The Hall–Kier alpha value is -2.92. The molecule has 0 saturated carbocycles. The van der Waals surface area contributed by atoms with Crippen LogP contribution in [0.4, 0.5) is 5.69 Å². The second-order valence-corrected chi connectivity index (χ2v) is 6.53. The zero-order valence-electron chi connectivity index (χ0n) is 14.5. The SMILES string of the molecule is Cc1ccc(-c2ccc(=O)n(CC(=O)Nc3cccc(Cl)c3)n2)c(C)c1. The number of anilines is 1. The lowest BCUT2D eigenvalue weighted by atomic mass is 10.0. The average Bonchev–Trinajstić information content (AvgIpc) is 2.57. The zero-order valence-corrected chi connectivity index (χ0v) is 15.2. The third-order valence-corrected chi connectivity index (χ3v) is 4.16. The highest BCUT2D eigenvalue weighted by Gasteiger charge is 2.10. The Morgan fingerprint density at radius 3 is 2.65 bits per heavy atom. The van der Waals surface area contributed by atoms with Gasteiger partial charge < -0.3 is 5.32 Å². The van der Waals surface area contributed by atoms with Crippen molar-refractivity contribution in [2.45, 2.75) is 20.4 Å². The highest BCUT2D eigenvalue weighted by atomic mass is 35.5. The number of halogens is 1. The summed E-state index contributed by atoms with van der Waals surface area (Å²) in [6.07, 6.45) is 0. The van der Waals surface area contributed by atoms with Crippen molar-refractivity contribution >= 4 is 23.2 Å².